The summed E-state index contributed by atoms with van der Waals surface area (Å²) in [6.07, 6.45) is 2.95. The van der Waals surface area contributed by atoms with Gasteiger partial charge < -0.3 is 4.74 Å². The molecule has 0 amide bonds. The van der Waals surface area contributed by atoms with E-state index >= 15 is 0 Å². The van der Waals surface area contributed by atoms with Gasteiger partial charge in [0.25, 0.3) is 0 Å². The molecule has 76 valence electrons. The van der Waals surface area contributed by atoms with Crippen LogP contribution in [-0.2, 0) is 14.3 Å². The standard InChI is InChI=1S/C11H14O3/c1-2-8(12)11-6-7-9(13)4-3-5-10(7)14-11/h11H,2-6H2,1H3. The van der Waals surface area contributed by atoms with Gasteiger partial charge in [-0.1, -0.05) is 6.92 Å². The van der Waals surface area contributed by atoms with Crippen LogP contribution in [0, 0.1) is 0 Å². The quantitative estimate of drug-likeness (QED) is 0.672. The molecule has 2 aliphatic rings. The summed E-state index contributed by atoms with van der Waals surface area (Å²) in [5, 5.41) is 0. The number of rotatable bonds is 2. The minimum atomic E-state index is -0.368. The molecule has 1 aliphatic heterocycles. The van der Waals surface area contributed by atoms with Gasteiger partial charge in [-0.2, -0.15) is 0 Å². The second kappa shape index (κ2) is 3.56. The lowest BCUT2D eigenvalue weighted by Crippen LogP contribution is -2.19. The molecule has 1 aliphatic carbocycles. The summed E-state index contributed by atoms with van der Waals surface area (Å²) in [7, 11) is 0. The van der Waals surface area contributed by atoms with Crippen LogP contribution in [0.2, 0.25) is 0 Å². The third-order valence-corrected chi connectivity index (χ3v) is 2.86. The summed E-state index contributed by atoms with van der Waals surface area (Å²) in [6.45, 7) is 1.82. The zero-order valence-electron chi connectivity index (χ0n) is 8.34. The third-order valence-electron chi connectivity index (χ3n) is 2.86. The van der Waals surface area contributed by atoms with Gasteiger partial charge in [-0.3, -0.25) is 9.59 Å². The molecule has 0 aromatic carbocycles. The number of allylic oxidation sites excluding steroid dienone is 1. The lowest BCUT2D eigenvalue weighted by molar-refractivity contribution is -0.126. The molecule has 14 heavy (non-hydrogen) atoms. The van der Waals surface area contributed by atoms with Crippen molar-refractivity contribution >= 4 is 11.6 Å². The molecule has 1 unspecified atom stereocenters. The van der Waals surface area contributed by atoms with Crippen molar-refractivity contribution < 1.29 is 14.3 Å². The van der Waals surface area contributed by atoms with Crippen LogP contribution in [0.25, 0.3) is 0 Å². The van der Waals surface area contributed by atoms with Crippen molar-refractivity contribution in [3.63, 3.8) is 0 Å². The Morgan fingerprint density at radius 1 is 1.50 bits per heavy atom. The number of carbonyl (C=O) groups is 2. The molecule has 0 bridgehead atoms. The van der Waals surface area contributed by atoms with Crippen molar-refractivity contribution in [3.8, 4) is 0 Å². The predicted molar refractivity (Wildman–Crippen MR) is 50.7 cm³/mol. The van der Waals surface area contributed by atoms with E-state index in [0.717, 1.165) is 24.2 Å². The molecule has 0 radical (unpaired) electrons. The van der Waals surface area contributed by atoms with E-state index in [9.17, 15) is 9.59 Å². The van der Waals surface area contributed by atoms with Crippen molar-refractivity contribution in [3.05, 3.63) is 11.3 Å². The number of hydrogen-bond donors (Lipinski definition) is 0. The van der Waals surface area contributed by atoms with Crippen LogP contribution in [0.1, 0.15) is 39.0 Å². The fourth-order valence-electron chi connectivity index (χ4n) is 2.03. The molecule has 0 saturated heterocycles. The molecule has 0 spiro atoms. The zero-order valence-corrected chi connectivity index (χ0v) is 8.34. The number of Topliss-reactive ketones (excluding diaryl/α,β-unsaturated/α-hetero) is 2. The van der Waals surface area contributed by atoms with Gasteiger partial charge in [-0.25, -0.2) is 0 Å². The van der Waals surface area contributed by atoms with E-state index in [1.807, 2.05) is 6.92 Å². The first-order valence-electron chi connectivity index (χ1n) is 5.17. The van der Waals surface area contributed by atoms with E-state index in [2.05, 4.69) is 0 Å². The fourth-order valence-corrected chi connectivity index (χ4v) is 2.03. The number of carbonyl (C=O) groups excluding carboxylic acids is 2. The van der Waals surface area contributed by atoms with Crippen LogP contribution in [0.5, 0.6) is 0 Å². The Morgan fingerprint density at radius 3 is 2.93 bits per heavy atom. The molecule has 3 nitrogen and oxygen atoms in total. The normalized spacial score (nSPS) is 26.1. The molecule has 3 heteroatoms. The van der Waals surface area contributed by atoms with E-state index in [-0.39, 0.29) is 17.7 Å². The van der Waals surface area contributed by atoms with Gasteiger partial charge in [-0.15, -0.1) is 0 Å². The molecular formula is C11H14O3. The molecule has 0 aromatic rings. The summed E-state index contributed by atoms with van der Waals surface area (Å²) < 4.78 is 5.50. The highest BCUT2D eigenvalue weighted by Crippen LogP contribution is 2.34. The summed E-state index contributed by atoms with van der Waals surface area (Å²) in [5.41, 5.74) is 0.781. The second-order valence-corrected chi connectivity index (χ2v) is 3.81. The Bertz CT molecular complexity index is 314. The highest BCUT2D eigenvalue weighted by atomic mass is 16.5. The third kappa shape index (κ3) is 1.47. The Morgan fingerprint density at radius 2 is 2.29 bits per heavy atom. The van der Waals surface area contributed by atoms with Crippen LogP contribution in [0.3, 0.4) is 0 Å². The van der Waals surface area contributed by atoms with Crippen LogP contribution in [-0.4, -0.2) is 17.7 Å². The Hall–Kier alpha value is -1.12. The van der Waals surface area contributed by atoms with Gasteiger partial charge in [0.05, 0.1) is 0 Å². The van der Waals surface area contributed by atoms with E-state index in [1.165, 1.54) is 0 Å². The molecular weight excluding hydrogens is 180 g/mol. The van der Waals surface area contributed by atoms with Crippen molar-refractivity contribution in [2.75, 3.05) is 0 Å². The molecule has 0 saturated carbocycles. The summed E-state index contributed by atoms with van der Waals surface area (Å²) in [5.74, 6) is 1.07. The van der Waals surface area contributed by atoms with Crippen LogP contribution >= 0.6 is 0 Å². The Kier molecular flexibility index (Phi) is 2.40. The number of hydrogen-bond acceptors (Lipinski definition) is 3. The molecule has 1 heterocycles. The first kappa shape index (κ1) is 9.44. The van der Waals surface area contributed by atoms with E-state index < -0.39 is 0 Å². The van der Waals surface area contributed by atoms with Gasteiger partial charge in [-0.05, 0) is 6.42 Å². The molecule has 2 rings (SSSR count). The Labute approximate surface area is 83.1 Å². The monoisotopic (exact) mass is 194 g/mol. The highest BCUT2D eigenvalue weighted by molar-refractivity contribution is 5.98. The number of ketones is 2. The molecule has 0 fully saturated rings. The van der Waals surface area contributed by atoms with Crippen LogP contribution in [0.15, 0.2) is 11.3 Å². The average Bonchev–Trinajstić information content (AvgIpc) is 2.62. The van der Waals surface area contributed by atoms with E-state index in [1.54, 1.807) is 0 Å². The van der Waals surface area contributed by atoms with Crippen LogP contribution in [0.4, 0.5) is 0 Å². The largest absolute Gasteiger partial charge is 0.486 e. The van der Waals surface area contributed by atoms with Gasteiger partial charge in [0.15, 0.2) is 17.7 Å². The lowest BCUT2D eigenvalue weighted by atomic mass is 9.94. The topological polar surface area (TPSA) is 43.4 Å². The molecule has 0 N–H and O–H groups in total. The average molecular weight is 194 g/mol. The maximum atomic E-state index is 11.5. The highest BCUT2D eigenvalue weighted by Gasteiger charge is 2.34. The minimum Gasteiger partial charge on any atom is -0.486 e. The maximum Gasteiger partial charge on any atom is 0.173 e. The first-order chi connectivity index (χ1) is 6.72. The zero-order chi connectivity index (χ0) is 10.1. The van der Waals surface area contributed by atoms with Crippen LogP contribution < -0.4 is 0 Å². The fraction of sp³-hybridized carbons (Fsp3) is 0.636. The molecule has 0 aromatic heterocycles. The van der Waals surface area contributed by atoms with E-state index in [0.29, 0.717) is 19.3 Å². The predicted octanol–water partition coefficient (Wildman–Crippen LogP) is 1.76. The summed E-state index contributed by atoms with van der Waals surface area (Å²) >= 11 is 0. The lowest BCUT2D eigenvalue weighted by Gasteiger charge is -2.12. The van der Waals surface area contributed by atoms with E-state index in [4.69, 9.17) is 4.74 Å². The Balaban J connectivity index is 2.11. The van der Waals surface area contributed by atoms with Crippen molar-refractivity contribution in [1.29, 1.82) is 0 Å². The first-order valence-corrected chi connectivity index (χ1v) is 5.17. The van der Waals surface area contributed by atoms with Gasteiger partial charge in [0.1, 0.15) is 5.76 Å². The summed E-state index contributed by atoms with van der Waals surface area (Å²) in [6, 6.07) is 0. The smallest absolute Gasteiger partial charge is 0.173 e. The maximum absolute atomic E-state index is 11.5. The van der Waals surface area contributed by atoms with Gasteiger partial charge in [0, 0.05) is 31.3 Å². The van der Waals surface area contributed by atoms with Gasteiger partial charge >= 0.3 is 0 Å². The summed E-state index contributed by atoms with van der Waals surface area (Å²) in [4.78, 5) is 22.9. The molecule has 1 atom stereocenters. The van der Waals surface area contributed by atoms with Gasteiger partial charge in [0.2, 0.25) is 0 Å². The van der Waals surface area contributed by atoms with Crippen molar-refractivity contribution in [1.82, 2.24) is 0 Å². The second-order valence-electron chi connectivity index (χ2n) is 3.81. The van der Waals surface area contributed by atoms with Crippen molar-refractivity contribution in [2.45, 2.75) is 45.1 Å². The SMILES string of the molecule is CCC(=O)C1CC2=C(CCCC2=O)O1. The number of ether oxygens (including phenoxy) is 1. The van der Waals surface area contributed by atoms with Crippen molar-refractivity contribution in [2.24, 2.45) is 0 Å². The minimum absolute atomic E-state index is 0.104.